The van der Waals surface area contributed by atoms with Crippen molar-refractivity contribution >= 4 is 21.7 Å². The van der Waals surface area contributed by atoms with Gasteiger partial charge in [-0.25, -0.2) is 17.5 Å². The van der Waals surface area contributed by atoms with E-state index in [0.717, 1.165) is 0 Å². The Morgan fingerprint density at radius 1 is 1.28 bits per heavy atom. The van der Waals surface area contributed by atoms with Gasteiger partial charge in [0.15, 0.2) is 11.5 Å². The second-order valence-electron chi connectivity index (χ2n) is 8.03. The summed E-state index contributed by atoms with van der Waals surface area (Å²) in [5.74, 6) is 1.33. The van der Waals surface area contributed by atoms with Crippen molar-refractivity contribution in [2.75, 3.05) is 64.7 Å². The fourth-order valence-electron chi connectivity index (χ4n) is 4.52. The van der Waals surface area contributed by atoms with Crippen LogP contribution < -0.4 is 14.8 Å². The van der Waals surface area contributed by atoms with Gasteiger partial charge in [0.05, 0.1) is 12.9 Å². The van der Waals surface area contributed by atoms with E-state index in [4.69, 9.17) is 14.2 Å². The van der Waals surface area contributed by atoms with Gasteiger partial charge in [0.2, 0.25) is 10.0 Å². The van der Waals surface area contributed by atoms with Crippen LogP contribution >= 0.6 is 0 Å². The minimum absolute atomic E-state index is 0.0388. The number of ether oxygens (including phenoxy) is 3. The molecule has 9 nitrogen and oxygen atoms in total. The number of hydrogen-bond acceptors (Lipinski definition) is 6. The summed E-state index contributed by atoms with van der Waals surface area (Å²) >= 11 is 0. The molecule has 0 aromatic heterocycles. The van der Waals surface area contributed by atoms with Crippen molar-refractivity contribution in [1.82, 2.24) is 9.21 Å². The normalized spacial score (nSPS) is 26.8. The molecular weight excluding hydrogens is 398 g/mol. The van der Waals surface area contributed by atoms with E-state index in [9.17, 15) is 13.2 Å². The summed E-state index contributed by atoms with van der Waals surface area (Å²) in [7, 11) is -1.64. The molecule has 1 aromatic rings. The van der Waals surface area contributed by atoms with Crippen LogP contribution in [0.5, 0.6) is 11.5 Å². The molecule has 0 radical (unpaired) electrons. The molecule has 4 rings (SSSR count). The van der Waals surface area contributed by atoms with Gasteiger partial charge in [0.1, 0.15) is 13.2 Å². The molecular formula is C19H27N3O6S. The molecule has 2 atom stereocenters. The summed E-state index contributed by atoms with van der Waals surface area (Å²) in [5.41, 5.74) is 0.392. The average molecular weight is 426 g/mol. The fraction of sp³-hybridized carbons (Fsp3) is 0.632. The number of urea groups is 1. The quantitative estimate of drug-likeness (QED) is 0.779. The van der Waals surface area contributed by atoms with Gasteiger partial charge >= 0.3 is 6.03 Å². The number of amides is 2. The molecule has 0 bridgehead atoms. The van der Waals surface area contributed by atoms with Crippen molar-refractivity contribution in [3.8, 4) is 11.5 Å². The zero-order valence-electron chi connectivity index (χ0n) is 16.7. The number of nitrogens with zero attached hydrogens (tertiary/aromatic N) is 2. The van der Waals surface area contributed by atoms with E-state index in [2.05, 4.69) is 5.32 Å². The highest BCUT2D eigenvalue weighted by Crippen LogP contribution is 2.44. The predicted molar refractivity (Wildman–Crippen MR) is 107 cm³/mol. The van der Waals surface area contributed by atoms with Crippen LogP contribution in [0.15, 0.2) is 18.2 Å². The number of nitrogens with one attached hydrogen (secondary N) is 1. The van der Waals surface area contributed by atoms with E-state index < -0.39 is 10.0 Å². The Morgan fingerprint density at radius 2 is 2.03 bits per heavy atom. The van der Waals surface area contributed by atoms with Crippen molar-refractivity contribution in [2.45, 2.75) is 6.42 Å². The minimum atomic E-state index is -3.28. The lowest BCUT2D eigenvalue weighted by molar-refractivity contribution is 0.0131. The predicted octanol–water partition coefficient (Wildman–Crippen LogP) is 1.22. The number of benzene rings is 1. The number of methoxy groups -OCH3 is 1. The number of rotatable bonds is 4. The Morgan fingerprint density at radius 3 is 2.76 bits per heavy atom. The Kier molecular flexibility index (Phi) is 5.34. The Labute approximate surface area is 170 Å². The Bertz CT molecular complexity index is 892. The number of piperidine rings is 1. The number of hydrogen-bond donors (Lipinski definition) is 1. The first-order valence-electron chi connectivity index (χ1n) is 9.70. The molecule has 3 heterocycles. The van der Waals surface area contributed by atoms with Crippen LogP contribution in [0.2, 0.25) is 0 Å². The molecule has 3 aliphatic heterocycles. The van der Waals surface area contributed by atoms with Gasteiger partial charge in [-0.3, -0.25) is 0 Å². The number of sulfonamides is 1. The zero-order chi connectivity index (χ0) is 20.6. The van der Waals surface area contributed by atoms with Crippen LogP contribution in [0, 0.1) is 11.3 Å². The third-order valence-corrected chi connectivity index (χ3v) is 7.30. The van der Waals surface area contributed by atoms with Crippen molar-refractivity contribution in [1.29, 1.82) is 0 Å². The third-order valence-electron chi connectivity index (χ3n) is 6.08. The molecule has 29 heavy (non-hydrogen) atoms. The van der Waals surface area contributed by atoms with Crippen LogP contribution in [0.1, 0.15) is 6.42 Å². The maximum atomic E-state index is 12.8. The van der Waals surface area contributed by atoms with E-state index in [1.54, 1.807) is 30.2 Å². The lowest BCUT2D eigenvalue weighted by Gasteiger charge is -2.43. The van der Waals surface area contributed by atoms with E-state index >= 15 is 0 Å². The van der Waals surface area contributed by atoms with E-state index in [-0.39, 0.29) is 17.4 Å². The smallest absolute Gasteiger partial charge is 0.321 e. The van der Waals surface area contributed by atoms with Gasteiger partial charge in [-0.05, 0) is 24.5 Å². The molecule has 10 heteroatoms. The molecule has 2 amide bonds. The van der Waals surface area contributed by atoms with Crippen molar-refractivity contribution < 1.29 is 27.4 Å². The van der Waals surface area contributed by atoms with Crippen molar-refractivity contribution in [3.63, 3.8) is 0 Å². The van der Waals surface area contributed by atoms with Crippen LogP contribution in [-0.4, -0.2) is 83.0 Å². The number of fused-ring (bicyclic) bond motifs is 2. The summed E-state index contributed by atoms with van der Waals surface area (Å²) in [6.45, 7) is 3.39. The SMILES string of the molecule is COC[C@@]12CCN(C(=O)Nc3ccc4c(c3)OCCO4)C[C@@H]1CN(S(C)(=O)=O)C2. The minimum Gasteiger partial charge on any atom is -0.486 e. The van der Waals surface area contributed by atoms with E-state index in [1.807, 2.05) is 0 Å². The number of anilines is 1. The van der Waals surface area contributed by atoms with E-state index in [0.29, 0.717) is 69.6 Å². The summed E-state index contributed by atoms with van der Waals surface area (Å²) in [6, 6.07) is 5.12. The summed E-state index contributed by atoms with van der Waals surface area (Å²) in [4.78, 5) is 14.6. The second kappa shape index (κ2) is 7.66. The van der Waals surface area contributed by atoms with Gasteiger partial charge in [-0.15, -0.1) is 0 Å². The molecule has 0 spiro atoms. The molecule has 3 aliphatic rings. The van der Waals surface area contributed by atoms with Gasteiger partial charge in [-0.2, -0.15) is 0 Å². The highest BCUT2D eigenvalue weighted by Gasteiger charge is 2.52. The largest absolute Gasteiger partial charge is 0.486 e. The molecule has 1 aromatic carbocycles. The standard InChI is InChI=1S/C19H27N3O6S/c1-26-13-19-5-6-21(10-14(19)11-22(12-19)29(2,24)25)18(23)20-15-3-4-16-17(9-15)28-8-7-27-16/h3-4,9,14H,5-8,10-13H2,1-2H3,(H,20,23)/t14-,19+/m1/s1. The molecule has 2 saturated heterocycles. The number of carbonyl (C=O) groups excluding carboxylic acids is 1. The van der Waals surface area contributed by atoms with Crippen LogP contribution in [0.4, 0.5) is 10.5 Å². The molecule has 0 unspecified atom stereocenters. The molecule has 2 fully saturated rings. The van der Waals surface area contributed by atoms with Crippen LogP contribution in [-0.2, 0) is 14.8 Å². The molecule has 0 saturated carbocycles. The van der Waals surface area contributed by atoms with Gasteiger partial charge in [-0.1, -0.05) is 0 Å². The van der Waals surface area contributed by atoms with Crippen LogP contribution in [0.25, 0.3) is 0 Å². The fourth-order valence-corrected chi connectivity index (χ4v) is 5.46. The maximum Gasteiger partial charge on any atom is 0.321 e. The van der Waals surface area contributed by atoms with Gasteiger partial charge in [0.25, 0.3) is 0 Å². The highest BCUT2D eigenvalue weighted by molar-refractivity contribution is 7.88. The monoisotopic (exact) mass is 425 g/mol. The number of likely N-dealkylation sites (tertiary alicyclic amines) is 1. The van der Waals surface area contributed by atoms with Gasteiger partial charge < -0.3 is 24.4 Å². The zero-order valence-corrected chi connectivity index (χ0v) is 17.5. The first-order chi connectivity index (χ1) is 13.8. The maximum absolute atomic E-state index is 12.8. The van der Waals surface area contributed by atoms with Crippen molar-refractivity contribution in [3.05, 3.63) is 18.2 Å². The second-order valence-corrected chi connectivity index (χ2v) is 10.0. The summed E-state index contributed by atoms with van der Waals surface area (Å²) in [5, 5.41) is 2.92. The molecule has 1 N–H and O–H groups in total. The summed E-state index contributed by atoms with van der Waals surface area (Å²) in [6.07, 6.45) is 1.93. The van der Waals surface area contributed by atoms with Crippen LogP contribution in [0.3, 0.4) is 0 Å². The Balaban J connectivity index is 1.45. The topological polar surface area (TPSA) is 97.4 Å². The third kappa shape index (κ3) is 4.01. The molecule has 0 aliphatic carbocycles. The average Bonchev–Trinajstić information content (AvgIpc) is 3.07. The van der Waals surface area contributed by atoms with Crippen molar-refractivity contribution in [2.24, 2.45) is 11.3 Å². The van der Waals surface area contributed by atoms with E-state index in [1.165, 1.54) is 10.6 Å². The lowest BCUT2D eigenvalue weighted by atomic mass is 9.73. The Hall–Kier alpha value is -2.04. The number of carbonyl (C=O) groups is 1. The molecule has 160 valence electrons. The van der Waals surface area contributed by atoms with Gasteiger partial charge in [0, 0.05) is 50.5 Å². The first-order valence-corrected chi connectivity index (χ1v) is 11.6. The first kappa shape index (κ1) is 20.2. The summed E-state index contributed by atoms with van der Waals surface area (Å²) < 4.78 is 42.1. The lowest BCUT2D eigenvalue weighted by Crippen LogP contribution is -2.51. The highest BCUT2D eigenvalue weighted by atomic mass is 32.2.